The Morgan fingerprint density at radius 2 is 1.95 bits per heavy atom. The second-order valence-electron chi connectivity index (χ2n) is 5.73. The highest BCUT2D eigenvalue weighted by Crippen LogP contribution is 2.31. The van der Waals surface area contributed by atoms with Crippen molar-refractivity contribution in [2.75, 3.05) is 26.7 Å². The van der Waals surface area contributed by atoms with E-state index in [2.05, 4.69) is 52.7 Å². The summed E-state index contributed by atoms with van der Waals surface area (Å²) < 4.78 is 1.00. The molecule has 0 amide bonds. The molecule has 1 aliphatic rings. The summed E-state index contributed by atoms with van der Waals surface area (Å²) >= 11 is 9.86. The molecule has 0 bridgehead atoms. The molecule has 0 aromatic heterocycles. The monoisotopic (exact) mass is 359 g/mol. The van der Waals surface area contributed by atoms with E-state index in [-0.39, 0.29) is 6.04 Å². The Morgan fingerprint density at radius 1 is 1.35 bits per heavy atom. The normalized spacial score (nSPS) is 26.7. The van der Waals surface area contributed by atoms with Gasteiger partial charge < -0.3 is 5.73 Å². The Bertz CT molecular complexity index is 456. The summed E-state index contributed by atoms with van der Waals surface area (Å²) in [4.78, 5) is 4.89. The van der Waals surface area contributed by atoms with Gasteiger partial charge in [0.1, 0.15) is 0 Å². The molecule has 112 valence electrons. The van der Waals surface area contributed by atoms with Crippen molar-refractivity contribution >= 4 is 27.5 Å². The lowest BCUT2D eigenvalue weighted by Crippen LogP contribution is -2.56. The molecule has 2 rings (SSSR count). The molecule has 3 unspecified atom stereocenters. The molecule has 1 aliphatic heterocycles. The van der Waals surface area contributed by atoms with Gasteiger partial charge in [0, 0.05) is 47.3 Å². The lowest BCUT2D eigenvalue weighted by atomic mass is 10.0. The van der Waals surface area contributed by atoms with Crippen LogP contribution < -0.4 is 5.73 Å². The van der Waals surface area contributed by atoms with Crippen LogP contribution in [-0.2, 0) is 0 Å². The van der Waals surface area contributed by atoms with Crippen molar-refractivity contribution in [2.24, 2.45) is 5.73 Å². The highest BCUT2D eigenvalue weighted by molar-refractivity contribution is 9.10. The Kier molecular flexibility index (Phi) is 5.49. The summed E-state index contributed by atoms with van der Waals surface area (Å²) in [5.41, 5.74) is 7.17. The van der Waals surface area contributed by atoms with E-state index in [1.165, 1.54) is 0 Å². The fraction of sp³-hybridized carbons (Fsp3) is 0.600. The predicted molar refractivity (Wildman–Crippen MR) is 89.2 cm³/mol. The van der Waals surface area contributed by atoms with Crippen LogP contribution in [0.1, 0.15) is 25.5 Å². The molecular formula is C15H23BrClN3. The molecule has 1 saturated heterocycles. The largest absolute Gasteiger partial charge is 0.329 e. The van der Waals surface area contributed by atoms with Gasteiger partial charge in [-0.3, -0.25) is 9.80 Å². The van der Waals surface area contributed by atoms with E-state index in [1.54, 1.807) is 0 Å². The van der Waals surface area contributed by atoms with Crippen LogP contribution in [-0.4, -0.2) is 48.6 Å². The van der Waals surface area contributed by atoms with Gasteiger partial charge in [0.05, 0.1) is 0 Å². The maximum absolute atomic E-state index is 6.40. The zero-order valence-corrected chi connectivity index (χ0v) is 14.7. The van der Waals surface area contributed by atoms with Gasteiger partial charge in [0.15, 0.2) is 0 Å². The molecule has 0 radical (unpaired) electrons. The maximum atomic E-state index is 6.40. The van der Waals surface area contributed by atoms with E-state index < -0.39 is 0 Å². The first kappa shape index (κ1) is 16.2. The molecular weight excluding hydrogens is 338 g/mol. The Balaban J connectivity index is 2.24. The summed E-state index contributed by atoms with van der Waals surface area (Å²) in [5, 5.41) is 0.786. The van der Waals surface area contributed by atoms with Gasteiger partial charge in [-0.15, -0.1) is 0 Å². The van der Waals surface area contributed by atoms with Crippen molar-refractivity contribution < 1.29 is 0 Å². The van der Waals surface area contributed by atoms with Crippen LogP contribution in [0, 0.1) is 0 Å². The number of rotatable bonds is 3. The zero-order chi connectivity index (χ0) is 14.9. The van der Waals surface area contributed by atoms with Crippen LogP contribution in [0.25, 0.3) is 0 Å². The molecule has 1 aromatic rings. The second kappa shape index (κ2) is 6.75. The summed E-state index contributed by atoms with van der Waals surface area (Å²) in [6.45, 7) is 7.16. The lowest BCUT2D eigenvalue weighted by Gasteiger charge is -2.45. The molecule has 1 heterocycles. The topological polar surface area (TPSA) is 32.5 Å². The average molecular weight is 361 g/mol. The Hall–Kier alpha value is -0.130. The van der Waals surface area contributed by atoms with Gasteiger partial charge in [0.25, 0.3) is 0 Å². The number of hydrogen-bond acceptors (Lipinski definition) is 3. The summed E-state index contributed by atoms with van der Waals surface area (Å²) in [7, 11) is 2.19. The quantitative estimate of drug-likeness (QED) is 0.899. The summed E-state index contributed by atoms with van der Waals surface area (Å²) in [5.74, 6) is 0. The number of benzene rings is 1. The third-order valence-corrected chi connectivity index (χ3v) is 5.19. The third-order valence-electron chi connectivity index (χ3n) is 4.37. The third kappa shape index (κ3) is 3.37. The van der Waals surface area contributed by atoms with Gasteiger partial charge in [-0.25, -0.2) is 0 Å². The van der Waals surface area contributed by atoms with Crippen molar-refractivity contribution in [3.63, 3.8) is 0 Å². The average Bonchev–Trinajstić information content (AvgIpc) is 2.39. The van der Waals surface area contributed by atoms with Gasteiger partial charge >= 0.3 is 0 Å². The minimum Gasteiger partial charge on any atom is -0.329 e. The number of likely N-dealkylation sites (N-methyl/N-ethyl adjacent to an activating group) is 1. The number of piperazine rings is 1. The minimum atomic E-state index is 0.189. The second-order valence-corrected chi connectivity index (χ2v) is 7.06. The maximum Gasteiger partial charge on any atom is 0.0486 e. The van der Waals surface area contributed by atoms with Gasteiger partial charge in [-0.1, -0.05) is 33.6 Å². The summed E-state index contributed by atoms with van der Waals surface area (Å²) in [6.07, 6.45) is 0. The standard InChI is InChI=1S/C15H23BrClN3/c1-10-8-20(9-11(2)19(10)3)15(7-18)13-5-4-12(16)6-14(13)17/h4-6,10-11,15H,7-9,18H2,1-3H3. The van der Waals surface area contributed by atoms with E-state index >= 15 is 0 Å². The van der Waals surface area contributed by atoms with Gasteiger partial charge in [-0.05, 0) is 38.6 Å². The lowest BCUT2D eigenvalue weighted by molar-refractivity contribution is 0.0352. The highest BCUT2D eigenvalue weighted by Gasteiger charge is 2.31. The zero-order valence-electron chi connectivity index (χ0n) is 12.3. The van der Waals surface area contributed by atoms with Crippen LogP contribution >= 0.6 is 27.5 Å². The SMILES string of the molecule is CC1CN(C(CN)c2ccc(Br)cc2Cl)CC(C)N1C. The van der Waals surface area contributed by atoms with Crippen molar-refractivity contribution in [2.45, 2.75) is 32.0 Å². The van der Waals surface area contributed by atoms with E-state index in [4.69, 9.17) is 17.3 Å². The minimum absolute atomic E-state index is 0.189. The molecule has 1 fully saturated rings. The number of nitrogens with zero attached hydrogens (tertiary/aromatic N) is 2. The molecule has 3 atom stereocenters. The highest BCUT2D eigenvalue weighted by atomic mass is 79.9. The van der Waals surface area contributed by atoms with Crippen molar-refractivity contribution in [1.82, 2.24) is 9.80 Å². The van der Waals surface area contributed by atoms with Crippen LogP contribution in [0.4, 0.5) is 0 Å². The molecule has 0 spiro atoms. The molecule has 1 aromatic carbocycles. The van der Waals surface area contributed by atoms with Gasteiger partial charge in [0.2, 0.25) is 0 Å². The molecule has 3 nitrogen and oxygen atoms in total. The number of halogens is 2. The van der Waals surface area contributed by atoms with Crippen LogP contribution in [0.15, 0.2) is 22.7 Å². The number of hydrogen-bond donors (Lipinski definition) is 1. The van der Waals surface area contributed by atoms with Crippen molar-refractivity contribution in [3.8, 4) is 0 Å². The first-order valence-electron chi connectivity index (χ1n) is 7.05. The molecule has 2 N–H and O–H groups in total. The Morgan fingerprint density at radius 3 is 2.45 bits per heavy atom. The molecule has 0 aliphatic carbocycles. The molecule has 5 heteroatoms. The molecule has 0 saturated carbocycles. The predicted octanol–water partition coefficient (Wildman–Crippen LogP) is 3.13. The van der Waals surface area contributed by atoms with Gasteiger partial charge in [-0.2, -0.15) is 0 Å². The van der Waals surface area contributed by atoms with Crippen LogP contribution in [0.3, 0.4) is 0 Å². The first-order valence-corrected chi connectivity index (χ1v) is 8.22. The first-order chi connectivity index (χ1) is 9.43. The number of nitrogens with two attached hydrogens (primary N) is 1. The fourth-order valence-corrected chi connectivity index (χ4v) is 3.74. The Labute approximate surface area is 135 Å². The van der Waals surface area contributed by atoms with Crippen molar-refractivity contribution in [3.05, 3.63) is 33.3 Å². The van der Waals surface area contributed by atoms with Crippen molar-refractivity contribution in [1.29, 1.82) is 0 Å². The van der Waals surface area contributed by atoms with E-state index in [1.807, 2.05) is 12.1 Å². The van der Waals surface area contributed by atoms with Crippen LogP contribution in [0.2, 0.25) is 5.02 Å². The van der Waals surface area contributed by atoms with E-state index in [0.717, 1.165) is 28.1 Å². The smallest absolute Gasteiger partial charge is 0.0486 e. The fourth-order valence-electron chi connectivity index (χ4n) is 2.94. The molecule has 20 heavy (non-hydrogen) atoms. The summed E-state index contributed by atoms with van der Waals surface area (Å²) in [6, 6.07) is 7.31. The van der Waals surface area contributed by atoms with Crippen LogP contribution in [0.5, 0.6) is 0 Å². The van der Waals surface area contributed by atoms with E-state index in [9.17, 15) is 0 Å². The van der Waals surface area contributed by atoms with E-state index in [0.29, 0.717) is 18.6 Å².